The van der Waals surface area contributed by atoms with Gasteiger partial charge < -0.3 is 4.98 Å². The number of fused-ring (bicyclic) bond motifs is 2. The first-order chi connectivity index (χ1) is 8.16. The summed E-state index contributed by atoms with van der Waals surface area (Å²) in [5, 5.41) is 1.48. The van der Waals surface area contributed by atoms with Crippen LogP contribution >= 0.6 is 11.6 Å². The van der Waals surface area contributed by atoms with Crippen LogP contribution in [0.25, 0.3) is 10.9 Å². The number of aromatic nitrogens is 1. The molecule has 1 aliphatic rings. The second-order valence-electron chi connectivity index (χ2n) is 4.77. The van der Waals surface area contributed by atoms with Crippen molar-refractivity contribution in [2.75, 3.05) is 0 Å². The lowest BCUT2D eigenvalue weighted by Crippen LogP contribution is -2.18. The third-order valence-electron chi connectivity index (χ3n) is 3.57. The van der Waals surface area contributed by atoms with E-state index in [1.54, 1.807) is 0 Å². The topological polar surface area (TPSA) is 32.9 Å². The Hall–Kier alpha value is -1.28. The quantitative estimate of drug-likeness (QED) is 0.761. The summed E-state index contributed by atoms with van der Waals surface area (Å²) in [6.45, 7) is 1.93. The van der Waals surface area contributed by atoms with Crippen LogP contribution in [-0.2, 0) is 12.8 Å². The van der Waals surface area contributed by atoms with Crippen LogP contribution in [0.15, 0.2) is 16.9 Å². The predicted octanol–water partition coefficient (Wildman–Crippen LogP) is 3.37. The van der Waals surface area contributed by atoms with Gasteiger partial charge in [-0.3, -0.25) is 4.79 Å². The minimum atomic E-state index is 0.188. The van der Waals surface area contributed by atoms with Gasteiger partial charge in [0.15, 0.2) is 5.43 Å². The van der Waals surface area contributed by atoms with E-state index in [9.17, 15) is 4.79 Å². The minimum Gasteiger partial charge on any atom is -0.358 e. The lowest BCUT2D eigenvalue weighted by Gasteiger charge is -2.16. The molecule has 17 heavy (non-hydrogen) atoms. The highest BCUT2D eigenvalue weighted by atomic mass is 35.5. The maximum Gasteiger partial charge on any atom is 0.192 e. The Labute approximate surface area is 105 Å². The van der Waals surface area contributed by atoms with Crippen molar-refractivity contribution >= 4 is 22.5 Å². The SMILES string of the molecule is Cc1cc2c(=O)c3c([nH]c2cc1Cl)CCCC3. The summed E-state index contributed by atoms with van der Waals surface area (Å²) in [5.74, 6) is 0. The molecule has 3 heteroatoms. The zero-order chi connectivity index (χ0) is 12.0. The van der Waals surface area contributed by atoms with E-state index in [2.05, 4.69) is 4.98 Å². The first-order valence-electron chi connectivity index (χ1n) is 6.00. The largest absolute Gasteiger partial charge is 0.358 e. The molecule has 0 spiro atoms. The fraction of sp³-hybridized carbons (Fsp3) is 0.357. The van der Waals surface area contributed by atoms with Gasteiger partial charge in [0.2, 0.25) is 0 Å². The predicted molar refractivity (Wildman–Crippen MR) is 71.0 cm³/mol. The molecule has 1 N–H and O–H groups in total. The molecule has 2 aromatic rings. The van der Waals surface area contributed by atoms with E-state index in [0.29, 0.717) is 5.02 Å². The maximum atomic E-state index is 12.4. The van der Waals surface area contributed by atoms with Crippen molar-refractivity contribution < 1.29 is 0 Å². The molecule has 2 nitrogen and oxygen atoms in total. The Balaban J connectivity index is 2.40. The van der Waals surface area contributed by atoms with Gasteiger partial charge in [-0.15, -0.1) is 0 Å². The first kappa shape index (κ1) is 10.8. The number of hydrogen-bond acceptors (Lipinski definition) is 1. The molecule has 3 rings (SSSR count). The lowest BCUT2D eigenvalue weighted by molar-refractivity contribution is 0.667. The van der Waals surface area contributed by atoms with E-state index in [-0.39, 0.29) is 5.43 Å². The molecule has 1 aliphatic carbocycles. The molecule has 88 valence electrons. The van der Waals surface area contributed by atoms with E-state index in [1.165, 1.54) is 0 Å². The summed E-state index contributed by atoms with van der Waals surface area (Å²) in [6, 6.07) is 3.76. The van der Waals surface area contributed by atoms with Crippen molar-refractivity contribution in [2.24, 2.45) is 0 Å². The minimum absolute atomic E-state index is 0.188. The fourth-order valence-corrected chi connectivity index (χ4v) is 2.76. The summed E-state index contributed by atoms with van der Waals surface area (Å²) < 4.78 is 0. The number of aromatic amines is 1. The van der Waals surface area contributed by atoms with Gasteiger partial charge in [0.1, 0.15) is 0 Å². The highest BCUT2D eigenvalue weighted by Crippen LogP contribution is 2.24. The van der Waals surface area contributed by atoms with E-state index >= 15 is 0 Å². The third-order valence-corrected chi connectivity index (χ3v) is 3.98. The summed E-state index contributed by atoms with van der Waals surface area (Å²) in [4.78, 5) is 15.7. The second-order valence-corrected chi connectivity index (χ2v) is 5.17. The smallest absolute Gasteiger partial charge is 0.192 e. The number of pyridine rings is 1. The molecule has 0 atom stereocenters. The van der Waals surface area contributed by atoms with Gasteiger partial charge in [0, 0.05) is 21.7 Å². The monoisotopic (exact) mass is 247 g/mol. The van der Waals surface area contributed by atoms with E-state index < -0.39 is 0 Å². The van der Waals surface area contributed by atoms with Crippen LogP contribution in [0.5, 0.6) is 0 Å². The lowest BCUT2D eigenvalue weighted by atomic mass is 9.94. The van der Waals surface area contributed by atoms with Crippen LogP contribution in [0.1, 0.15) is 29.7 Å². The summed E-state index contributed by atoms with van der Waals surface area (Å²) in [7, 11) is 0. The van der Waals surface area contributed by atoms with Crippen LogP contribution in [0.2, 0.25) is 5.02 Å². The number of H-pyrrole nitrogens is 1. The Morgan fingerprint density at radius 1 is 1.24 bits per heavy atom. The third kappa shape index (κ3) is 1.67. The van der Waals surface area contributed by atoms with Gasteiger partial charge in [-0.05, 0) is 50.3 Å². The van der Waals surface area contributed by atoms with Crippen LogP contribution in [-0.4, -0.2) is 4.98 Å². The van der Waals surface area contributed by atoms with E-state index in [4.69, 9.17) is 11.6 Å². The van der Waals surface area contributed by atoms with Gasteiger partial charge in [0.05, 0.1) is 5.52 Å². The second kappa shape index (κ2) is 3.88. The molecule has 0 unspecified atom stereocenters. The molecule has 0 bridgehead atoms. The molecule has 1 aromatic carbocycles. The first-order valence-corrected chi connectivity index (χ1v) is 6.38. The highest BCUT2D eigenvalue weighted by molar-refractivity contribution is 6.32. The normalized spacial score (nSPS) is 14.9. The zero-order valence-corrected chi connectivity index (χ0v) is 10.5. The number of aryl methyl sites for hydroxylation is 2. The standard InChI is InChI=1S/C14H14ClNO/c1-8-6-10-13(7-11(8)15)16-12-5-3-2-4-9(12)14(10)17/h6-7H,2-5H2,1H3,(H,16,17). The number of nitrogens with one attached hydrogen (secondary N) is 1. The molecular formula is C14H14ClNO. The number of halogens is 1. The van der Waals surface area contributed by atoms with Crippen molar-refractivity contribution in [2.45, 2.75) is 32.6 Å². The molecule has 1 heterocycles. The molecule has 0 radical (unpaired) electrons. The van der Waals surface area contributed by atoms with Gasteiger partial charge in [-0.25, -0.2) is 0 Å². The molecule has 0 saturated heterocycles. The summed E-state index contributed by atoms with van der Waals surface area (Å²) >= 11 is 6.10. The maximum absolute atomic E-state index is 12.4. The number of benzene rings is 1. The van der Waals surface area contributed by atoms with Crippen molar-refractivity contribution in [3.8, 4) is 0 Å². The zero-order valence-electron chi connectivity index (χ0n) is 9.77. The number of rotatable bonds is 0. The summed E-state index contributed by atoms with van der Waals surface area (Å²) in [6.07, 6.45) is 4.16. The van der Waals surface area contributed by atoms with Crippen LogP contribution < -0.4 is 5.43 Å². The Morgan fingerprint density at radius 3 is 2.82 bits per heavy atom. The number of hydrogen-bond donors (Lipinski definition) is 1. The Bertz CT molecular complexity index is 657. The summed E-state index contributed by atoms with van der Waals surface area (Å²) in [5.41, 5.74) is 4.10. The highest BCUT2D eigenvalue weighted by Gasteiger charge is 2.16. The molecule has 1 aromatic heterocycles. The molecule has 0 aliphatic heterocycles. The average Bonchev–Trinajstić information content (AvgIpc) is 2.32. The van der Waals surface area contributed by atoms with Crippen LogP contribution in [0, 0.1) is 6.92 Å². The van der Waals surface area contributed by atoms with Crippen molar-refractivity contribution in [3.63, 3.8) is 0 Å². The molecule has 0 saturated carbocycles. The van der Waals surface area contributed by atoms with Crippen LogP contribution in [0.4, 0.5) is 0 Å². The van der Waals surface area contributed by atoms with Gasteiger partial charge in [-0.1, -0.05) is 11.6 Å². The van der Waals surface area contributed by atoms with E-state index in [1.807, 2.05) is 19.1 Å². The van der Waals surface area contributed by atoms with Crippen molar-refractivity contribution in [1.29, 1.82) is 0 Å². The van der Waals surface area contributed by atoms with E-state index in [0.717, 1.165) is 53.4 Å². The van der Waals surface area contributed by atoms with Gasteiger partial charge in [-0.2, -0.15) is 0 Å². The fourth-order valence-electron chi connectivity index (χ4n) is 2.59. The Kier molecular flexibility index (Phi) is 2.48. The van der Waals surface area contributed by atoms with Gasteiger partial charge in [0.25, 0.3) is 0 Å². The van der Waals surface area contributed by atoms with Gasteiger partial charge >= 0.3 is 0 Å². The van der Waals surface area contributed by atoms with Crippen LogP contribution in [0.3, 0.4) is 0 Å². The Morgan fingerprint density at radius 2 is 2.00 bits per heavy atom. The van der Waals surface area contributed by atoms with Crippen molar-refractivity contribution in [3.05, 3.63) is 44.2 Å². The molecule has 0 amide bonds. The molecule has 0 fully saturated rings. The molecular weight excluding hydrogens is 234 g/mol. The average molecular weight is 248 g/mol. The van der Waals surface area contributed by atoms with Crippen molar-refractivity contribution in [1.82, 2.24) is 4.98 Å².